The Kier molecular flexibility index (Phi) is 6.63. The number of β-lactam (4-membered cyclic amide) rings is 1. The van der Waals surface area contributed by atoms with E-state index in [2.05, 4.69) is 59.8 Å². The van der Waals surface area contributed by atoms with Gasteiger partial charge in [0, 0.05) is 6.04 Å². The number of hydrogen-bond acceptors (Lipinski definition) is 4. The maximum Gasteiger partial charge on any atom is 0.344 e. The molecule has 1 aliphatic heterocycles. The van der Waals surface area contributed by atoms with Crippen molar-refractivity contribution in [3.8, 4) is 0 Å². The van der Waals surface area contributed by atoms with E-state index in [0.29, 0.717) is 10.9 Å². The summed E-state index contributed by atoms with van der Waals surface area (Å²) >= 11 is 3.18. The van der Waals surface area contributed by atoms with E-state index >= 15 is 0 Å². The SMILES string of the molecule is COC(=O)/C(Br)=C/C[C@H]1NC(=O)[C@@H]1[C@@H](C)O[Si](C)(C)C(C)(C)C. The Morgan fingerprint density at radius 1 is 1.43 bits per heavy atom. The summed E-state index contributed by atoms with van der Waals surface area (Å²) in [6.45, 7) is 12.9. The molecule has 23 heavy (non-hydrogen) atoms. The number of carbonyl (C=O) groups excluding carboxylic acids is 2. The van der Waals surface area contributed by atoms with Crippen LogP contribution in [0.4, 0.5) is 0 Å². The first-order valence-electron chi connectivity index (χ1n) is 7.83. The van der Waals surface area contributed by atoms with Crippen molar-refractivity contribution in [3.63, 3.8) is 0 Å². The molecule has 1 amide bonds. The molecule has 3 atom stereocenters. The van der Waals surface area contributed by atoms with Crippen molar-refractivity contribution in [1.29, 1.82) is 0 Å². The molecule has 1 aliphatic rings. The van der Waals surface area contributed by atoms with Crippen LogP contribution in [0.1, 0.15) is 34.1 Å². The largest absolute Gasteiger partial charge is 0.465 e. The first kappa shape index (κ1) is 20.4. The van der Waals surface area contributed by atoms with Gasteiger partial charge in [-0.2, -0.15) is 0 Å². The number of nitrogens with one attached hydrogen (secondary N) is 1. The molecule has 0 aromatic heterocycles. The van der Waals surface area contributed by atoms with E-state index in [1.54, 1.807) is 6.08 Å². The van der Waals surface area contributed by atoms with Crippen LogP contribution in [-0.4, -0.2) is 39.4 Å². The van der Waals surface area contributed by atoms with Crippen LogP contribution >= 0.6 is 15.9 Å². The Bertz CT molecular complexity index is 499. The highest BCUT2D eigenvalue weighted by atomic mass is 79.9. The van der Waals surface area contributed by atoms with Crippen molar-refractivity contribution in [1.82, 2.24) is 5.32 Å². The molecule has 1 heterocycles. The summed E-state index contributed by atoms with van der Waals surface area (Å²) in [5.74, 6) is -0.583. The quantitative estimate of drug-likeness (QED) is 0.318. The molecular formula is C16H28BrNO4Si. The molecule has 0 saturated carbocycles. The van der Waals surface area contributed by atoms with E-state index in [0.717, 1.165) is 0 Å². The fraction of sp³-hybridized carbons (Fsp3) is 0.750. The Morgan fingerprint density at radius 2 is 2.00 bits per heavy atom. The van der Waals surface area contributed by atoms with E-state index in [4.69, 9.17) is 4.43 Å². The van der Waals surface area contributed by atoms with Gasteiger partial charge >= 0.3 is 5.97 Å². The Morgan fingerprint density at radius 3 is 2.43 bits per heavy atom. The highest BCUT2D eigenvalue weighted by Crippen LogP contribution is 2.39. The molecule has 0 radical (unpaired) electrons. The number of halogens is 1. The number of rotatable bonds is 6. The molecule has 5 nitrogen and oxygen atoms in total. The van der Waals surface area contributed by atoms with E-state index < -0.39 is 14.3 Å². The van der Waals surface area contributed by atoms with Crippen LogP contribution in [0.25, 0.3) is 0 Å². The molecule has 1 saturated heterocycles. The van der Waals surface area contributed by atoms with Crippen LogP contribution in [-0.2, 0) is 18.8 Å². The van der Waals surface area contributed by atoms with Crippen molar-refractivity contribution in [3.05, 3.63) is 10.6 Å². The standard InChI is InChI=1S/C16H28BrNO4Si/c1-10(22-23(6,7)16(2,3)4)13-12(18-14(13)19)9-8-11(17)15(20)21-5/h8,10,12-13H,9H2,1-7H3,(H,18,19)/b11-8-/t10-,12-,13-/m1/s1. The molecule has 0 unspecified atom stereocenters. The number of amides is 1. The van der Waals surface area contributed by atoms with Gasteiger partial charge in [-0.3, -0.25) is 4.79 Å². The predicted molar refractivity (Wildman–Crippen MR) is 96.8 cm³/mol. The van der Waals surface area contributed by atoms with E-state index in [-0.39, 0.29) is 29.0 Å². The summed E-state index contributed by atoms with van der Waals surface area (Å²) in [4.78, 5) is 23.3. The summed E-state index contributed by atoms with van der Waals surface area (Å²) in [6.07, 6.45) is 2.17. The second-order valence-corrected chi connectivity index (χ2v) is 13.1. The lowest BCUT2D eigenvalue weighted by atomic mass is 9.84. The van der Waals surface area contributed by atoms with Gasteiger partial charge in [-0.1, -0.05) is 26.8 Å². The molecule has 0 aliphatic carbocycles. The first-order valence-corrected chi connectivity index (χ1v) is 11.5. The second kappa shape index (κ2) is 7.48. The van der Waals surface area contributed by atoms with Gasteiger partial charge in [-0.05, 0) is 47.4 Å². The van der Waals surface area contributed by atoms with Gasteiger partial charge in [0.1, 0.15) is 0 Å². The zero-order valence-corrected chi connectivity index (χ0v) is 17.6. The number of esters is 1. The lowest BCUT2D eigenvalue weighted by Gasteiger charge is -2.45. The molecular weight excluding hydrogens is 378 g/mol. The van der Waals surface area contributed by atoms with Crippen LogP contribution in [0.3, 0.4) is 0 Å². The number of methoxy groups -OCH3 is 1. The zero-order valence-electron chi connectivity index (χ0n) is 15.0. The average molecular weight is 406 g/mol. The third-order valence-corrected chi connectivity index (χ3v) is 10.0. The summed E-state index contributed by atoms with van der Waals surface area (Å²) in [6, 6.07) is -0.0144. The van der Waals surface area contributed by atoms with Gasteiger partial charge in [0.25, 0.3) is 0 Å². The molecule has 0 spiro atoms. The van der Waals surface area contributed by atoms with Crippen molar-refractivity contribution >= 4 is 36.1 Å². The number of carbonyl (C=O) groups is 2. The van der Waals surface area contributed by atoms with E-state index in [1.807, 2.05) is 6.92 Å². The Labute approximate surface area is 148 Å². The smallest absolute Gasteiger partial charge is 0.344 e. The van der Waals surface area contributed by atoms with E-state index in [1.165, 1.54) is 7.11 Å². The predicted octanol–water partition coefficient (Wildman–Crippen LogP) is 3.35. The molecule has 1 rings (SSSR count). The van der Waals surface area contributed by atoms with Crippen molar-refractivity contribution < 1.29 is 18.8 Å². The lowest BCUT2D eigenvalue weighted by Crippen LogP contribution is -2.63. The number of hydrogen-bond donors (Lipinski definition) is 1. The summed E-state index contributed by atoms with van der Waals surface area (Å²) in [5, 5.41) is 2.99. The minimum atomic E-state index is -1.92. The van der Waals surface area contributed by atoms with Gasteiger partial charge in [-0.15, -0.1) is 0 Å². The van der Waals surface area contributed by atoms with E-state index in [9.17, 15) is 9.59 Å². The normalized spacial score (nSPS) is 23.8. The summed E-state index contributed by atoms with van der Waals surface area (Å²) in [5.41, 5.74) is 0. The fourth-order valence-electron chi connectivity index (χ4n) is 2.33. The zero-order chi connectivity index (χ0) is 18.0. The maximum absolute atomic E-state index is 12.0. The molecule has 132 valence electrons. The summed E-state index contributed by atoms with van der Waals surface area (Å²) < 4.78 is 11.3. The van der Waals surface area contributed by atoms with Crippen molar-refractivity contribution in [2.24, 2.45) is 5.92 Å². The fourth-order valence-corrected chi connectivity index (χ4v) is 4.11. The van der Waals surface area contributed by atoms with Crippen LogP contribution in [0.2, 0.25) is 18.1 Å². The van der Waals surface area contributed by atoms with Gasteiger partial charge in [0.15, 0.2) is 8.32 Å². The second-order valence-electron chi connectivity index (χ2n) is 7.50. The van der Waals surface area contributed by atoms with Crippen LogP contribution in [0.5, 0.6) is 0 Å². The minimum absolute atomic E-state index is 0.0144. The van der Waals surface area contributed by atoms with Crippen LogP contribution in [0.15, 0.2) is 10.6 Å². The topological polar surface area (TPSA) is 64.6 Å². The van der Waals surface area contributed by atoms with Gasteiger partial charge in [0.05, 0.1) is 23.6 Å². The van der Waals surface area contributed by atoms with Gasteiger partial charge in [0.2, 0.25) is 5.91 Å². The highest BCUT2D eigenvalue weighted by Gasteiger charge is 2.46. The average Bonchev–Trinajstić information content (AvgIpc) is 2.39. The Hall–Kier alpha value is -0.663. The summed E-state index contributed by atoms with van der Waals surface area (Å²) in [7, 11) is -0.586. The molecule has 1 N–H and O–H groups in total. The van der Waals surface area contributed by atoms with Crippen LogP contribution in [0, 0.1) is 5.92 Å². The van der Waals surface area contributed by atoms with Crippen molar-refractivity contribution in [2.45, 2.75) is 64.4 Å². The highest BCUT2D eigenvalue weighted by molar-refractivity contribution is 9.12. The molecule has 0 aromatic rings. The molecule has 0 bridgehead atoms. The minimum Gasteiger partial charge on any atom is -0.465 e. The number of ether oxygens (including phenoxy) is 1. The third kappa shape index (κ3) is 4.90. The monoisotopic (exact) mass is 405 g/mol. The molecule has 0 aromatic carbocycles. The molecule has 1 fully saturated rings. The lowest BCUT2D eigenvalue weighted by molar-refractivity contribution is -0.139. The maximum atomic E-state index is 12.0. The third-order valence-electron chi connectivity index (χ3n) is 4.79. The molecule has 7 heteroatoms. The van der Waals surface area contributed by atoms with Crippen molar-refractivity contribution in [2.75, 3.05) is 7.11 Å². The van der Waals surface area contributed by atoms with Gasteiger partial charge < -0.3 is 14.5 Å². The van der Waals surface area contributed by atoms with Crippen LogP contribution < -0.4 is 5.32 Å². The Balaban J connectivity index is 2.71. The first-order chi connectivity index (χ1) is 10.4. The van der Waals surface area contributed by atoms with Gasteiger partial charge in [-0.25, -0.2) is 4.79 Å².